The molecule has 0 bridgehead atoms. The first kappa shape index (κ1) is 17.1. The maximum atomic E-state index is 12.1. The third kappa shape index (κ3) is 5.41. The summed E-state index contributed by atoms with van der Waals surface area (Å²) in [7, 11) is 0. The summed E-state index contributed by atoms with van der Waals surface area (Å²) < 4.78 is 0. The lowest BCUT2D eigenvalue weighted by atomic mass is 9.97. The third-order valence-electron chi connectivity index (χ3n) is 4.32. The topological polar surface area (TPSA) is 66.9 Å². The Hall–Kier alpha value is -2.69. The summed E-state index contributed by atoms with van der Waals surface area (Å²) in [6.45, 7) is 1.32. The van der Waals surface area contributed by atoms with Crippen molar-refractivity contribution in [2.24, 2.45) is 0 Å². The van der Waals surface area contributed by atoms with E-state index in [0.29, 0.717) is 24.6 Å². The molecule has 3 rings (SSSR count). The van der Waals surface area contributed by atoms with Crippen molar-refractivity contribution < 1.29 is 4.79 Å². The van der Waals surface area contributed by atoms with Gasteiger partial charge in [0.25, 0.3) is 5.91 Å². The minimum absolute atomic E-state index is 0.119. The van der Waals surface area contributed by atoms with Crippen LogP contribution >= 0.6 is 0 Å². The first-order valence-corrected chi connectivity index (χ1v) is 8.87. The van der Waals surface area contributed by atoms with E-state index in [1.165, 1.54) is 31.3 Å². The van der Waals surface area contributed by atoms with E-state index in [9.17, 15) is 4.79 Å². The summed E-state index contributed by atoms with van der Waals surface area (Å²) >= 11 is 0. The number of carbonyl (C=O) groups excluding carboxylic acids is 1. The van der Waals surface area contributed by atoms with Crippen LogP contribution in [0.1, 0.15) is 48.0 Å². The van der Waals surface area contributed by atoms with Gasteiger partial charge >= 0.3 is 0 Å². The molecule has 1 aliphatic rings. The number of carbonyl (C=O) groups is 1. The van der Waals surface area contributed by atoms with Gasteiger partial charge in [0.05, 0.1) is 5.56 Å². The van der Waals surface area contributed by atoms with Gasteiger partial charge in [-0.3, -0.25) is 4.79 Å². The SMILES string of the molecule is O=C(NCCC1=CCCCC1)c1cnc(NCc2ccccc2)nc1. The Labute approximate surface area is 148 Å². The van der Waals surface area contributed by atoms with E-state index in [0.717, 1.165) is 12.0 Å². The molecular formula is C20H24N4O. The van der Waals surface area contributed by atoms with Crippen molar-refractivity contribution in [1.82, 2.24) is 15.3 Å². The monoisotopic (exact) mass is 336 g/mol. The van der Waals surface area contributed by atoms with E-state index >= 15 is 0 Å². The molecule has 1 aromatic carbocycles. The standard InChI is InChI=1S/C20H24N4O/c25-19(21-12-11-16-7-3-1-4-8-16)18-14-23-20(24-15-18)22-13-17-9-5-2-6-10-17/h2,5-7,9-10,14-15H,1,3-4,8,11-13H2,(H,21,25)(H,22,23,24). The highest BCUT2D eigenvalue weighted by molar-refractivity contribution is 5.93. The van der Waals surface area contributed by atoms with Gasteiger partial charge in [-0.05, 0) is 37.7 Å². The van der Waals surface area contributed by atoms with E-state index in [2.05, 4.69) is 26.7 Å². The highest BCUT2D eigenvalue weighted by atomic mass is 16.1. The Morgan fingerprint density at radius 3 is 2.60 bits per heavy atom. The van der Waals surface area contributed by atoms with Crippen molar-refractivity contribution >= 4 is 11.9 Å². The molecule has 5 nitrogen and oxygen atoms in total. The maximum absolute atomic E-state index is 12.1. The lowest BCUT2D eigenvalue weighted by Crippen LogP contribution is -2.25. The summed E-state index contributed by atoms with van der Waals surface area (Å²) in [6.07, 6.45) is 11.3. The molecule has 0 aliphatic heterocycles. The van der Waals surface area contributed by atoms with E-state index in [1.54, 1.807) is 12.4 Å². The summed E-state index contributed by atoms with van der Waals surface area (Å²) in [5.74, 6) is 0.402. The van der Waals surface area contributed by atoms with Crippen molar-refractivity contribution in [3.8, 4) is 0 Å². The highest BCUT2D eigenvalue weighted by Crippen LogP contribution is 2.19. The van der Waals surface area contributed by atoms with Crippen LogP contribution in [0, 0.1) is 0 Å². The quantitative estimate of drug-likeness (QED) is 0.757. The predicted molar refractivity (Wildman–Crippen MR) is 99.3 cm³/mol. The normalized spacial score (nSPS) is 13.8. The lowest BCUT2D eigenvalue weighted by Gasteiger charge is -2.13. The van der Waals surface area contributed by atoms with Gasteiger partial charge in [-0.1, -0.05) is 42.0 Å². The summed E-state index contributed by atoms with van der Waals surface area (Å²) in [4.78, 5) is 20.6. The fourth-order valence-electron chi connectivity index (χ4n) is 2.88. The van der Waals surface area contributed by atoms with Crippen LogP contribution in [0.4, 0.5) is 5.95 Å². The van der Waals surface area contributed by atoms with E-state index in [1.807, 2.05) is 30.3 Å². The molecule has 25 heavy (non-hydrogen) atoms. The Morgan fingerprint density at radius 1 is 1.08 bits per heavy atom. The second-order valence-corrected chi connectivity index (χ2v) is 6.25. The molecule has 0 unspecified atom stereocenters. The van der Waals surface area contributed by atoms with Gasteiger partial charge in [-0.2, -0.15) is 0 Å². The summed E-state index contributed by atoms with van der Waals surface area (Å²) in [6, 6.07) is 10.1. The minimum Gasteiger partial charge on any atom is -0.352 e. The van der Waals surface area contributed by atoms with Crippen molar-refractivity contribution in [3.63, 3.8) is 0 Å². The molecule has 130 valence electrons. The predicted octanol–water partition coefficient (Wildman–Crippen LogP) is 3.71. The second kappa shape index (κ2) is 8.97. The lowest BCUT2D eigenvalue weighted by molar-refractivity contribution is 0.0953. The molecule has 1 heterocycles. The molecule has 0 atom stereocenters. The molecule has 5 heteroatoms. The van der Waals surface area contributed by atoms with Crippen LogP contribution in [0.3, 0.4) is 0 Å². The number of nitrogens with one attached hydrogen (secondary N) is 2. The Bertz CT molecular complexity index is 710. The minimum atomic E-state index is -0.119. The van der Waals surface area contributed by atoms with Gasteiger partial charge in [0.1, 0.15) is 0 Å². The van der Waals surface area contributed by atoms with Crippen molar-refractivity contribution in [3.05, 3.63) is 65.5 Å². The molecule has 0 spiro atoms. The smallest absolute Gasteiger partial charge is 0.254 e. The van der Waals surface area contributed by atoms with Crippen LogP contribution in [0.2, 0.25) is 0 Å². The maximum Gasteiger partial charge on any atom is 0.254 e. The number of allylic oxidation sites excluding steroid dienone is 1. The zero-order chi connectivity index (χ0) is 17.3. The molecule has 0 radical (unpaired) electrons. The molecule has 2 N–H and O–H groups in total. The zero-order valence-corrected chi connectivity index (χ0v) is 14.4. The number of amides is 1. The Kier molecular flexibility index (Phi) is 6.15. The average Bonchev–Trinajstić information content (AvgIpc) is 2.68. The summed E-state index contributed by atoms with van der Waals surface area (Å²) in [5, 5.41) is 6.10. The van der Waals surface area contributed by atoms with E-state index < -0.39 is 0 Å². The molecule has 0 saturated carbocycles. The van der Waals surface area contributed by atoms with E-state index in [4.69, 9.17) is 0 Å². The van der Waals surface area contributed by atoms with Crippen molar-refractivity contribution in [2.45, 2.75) is 38.6 Å². The molecule has 1 aliphatic carbocycles. The zero-order valence-electron chi connectivity index (χ0n) is 14.4. The van der Waals surface area contributed by atoms with Gasteiger partial charge in [0.2, 0.25) is 5.95 Å². The number of nitrogens with zero attached hydrogens (tertiary/aromatic N) is 2. The molecule has 1 amide bonds. The number of hydrogen-bond acceptors (Lipinski definition) is 4. The fraction of sp³-hybridized carbons (Fsp3) is 0.350. The second-order valence-electron chi connectivity index (χ2n) is 6.25. The average molecular weight is 336 g/mol. The number of aromatic nitrogens is 2. The Balaban J connectivity index is 1.44. The van der Waals surface area contributed by atoms with Gasteiger partial charge in [0.15, 0.2) is 0 Å². The molecule has 0 fully saturated rings. The molecule has 2 aromatic rings. The van der Waals surface area contributed by atoms with Crippen LogP contribution in [-0.4, -0.2) is 22.4 Å². The number of hydrogen-bond donors (Lipinski definition) is 2. The van der Waals surface area contributed by atoms with E-state index in [-0.39, 0.29) is 5.91 Å². The van der Waals surface area contributed by atoms with Crippen LogP contribution in [-0.2, 0) is 6.54 Å². The Morgan fingerprint density at radius 2 is 1.88 bits per heavy atom. The first-order valence-electron chi connectivity index (χ1n) is 8.87. The fourth-order valence-corrected chi connectivity index (χ4v) is 2.88. The number of anilines is 1. The van der Waals surface area contributed by atoms with Gasteiger partial charge in [-0.25, -0.2) is 9.97 Å². The van der Waals surface area contributed by atoms with Crippen molar-refractivity contribution in [1.29, 1.82) is 0 Å². The highest BCUT2D eigenvalue weighted by Gasteiger charge is 2.08. The van der Waals surface area contributed by atoms with Gasteiger partial charge in [-0.15, -0.1) is 0 Å². The van der Waals surface area contributed by atoms with Crippen LogP contribution < -0.4 is 10.6 Å². The molecule has 0 saturated heterocycles. The van der Waals surface area contributed by atoms with Crippen LogP contribution in [0.5, 0.6) is 0 Å². The third-order valence-corrected chi connectivity index (χ3v) is 4.32. The largest absolute Gasteiger partial charge is 0.352 e. The van der Waals surface area contributed by atoms with Crippen molar-refractivity contribution in [2.75, 3.05) is 11.9 Å². The van der Waals surface area contributed by atoms with Crippen LogP contribution in [0.25, 0.3) is 0 Å². The van der Waals surface area contributed by atoms with Gasteiger partial charge in [0, 0.05) is 25.5 Å². The summed E-state index contributed by atoms with van der Waals surface area (Å²) in [5.41, 5.74) is 3.11. The van der Waals surface area contributed by atoms with Crippen LogP contribution in [0.15, 0.2) is 54.4 Å². The first-order chi connectivity index (χ1) is 12.3. The number of rotatable bonds is 7. The van der Waals surface area contributed by atoms with Gasteiger partial charge < -0.3 is 10.6 Å². The molecular weight excluding hydrogens is 312 g/mol. The molecule has 1 aromatic heterocycles. The number of benzene rings is 1.